The van der Waals surface area contributed by atoms with E-state index in [9.17, 15) is 0 Å². The summed E-state index contributed by atoms with van der Waals surface area (Å²) in [4.78, 5) is 14.2. The zero-order valence-electron chi connectivity index (χ0n) is 33.2. The second-order valence-electron chi connectivity index (χ2n) is 14.3. The van der Waals surface area contributed by atoms with Crippen LogP contribution >= 0.6 is 0 Å². The first-order valence-corrected chi connectivity index (χ1v) is 19.0. The molecule has 0 spiro atoms. The zero-order valence-corrected chi connectivity index (χ0v) is 33.2. The van der Waals surface area contributed by atoms with E-state index < -0.39 is 0 Å². The maximum Gasteiger partial charge on any atom is 0.161 e. The second-order valence-corrected chi connectivity index (χ2v) is 14.3. The summed E-state index contributed by atoms with van der Waals surface area (Å²) in [5, 5.41) is 5.40. The van der Waals surface area contributed by atoms with Gasteiger partial charge in [-0.25, -0.2) is 15.0 Å². The van der Waals surface area contributed by atoms with Gasteiger partial charge in [-0.1, -0.05) is 101 Å². The molecule has 0 amide bonds. The van der Waals surface area contributed by atoms with Crippen LogP contribution in [0.25, 0.3) is 49.7 Å². The molecular weight excluding hydrogens is 731 g/mol. The lowest BCUT2D eigenvalue weighted by Crippen LogP contribution is -2.57. The highest BCUT2D eigenvalue weighted by Crippen LogP contribution is 2.45. The highest BCUT2D eigenvalue weighted by Gasteiger charge is 2.23. The van der Waals surface area contributed by atoms with Gasteiger partial charge in [-0.3, -0.25) is 0 Å². The number of para-hydroxylation sites is 2. The Labute approximate surface area is 369 Å². The third kappa shape index (κ3) is 7.08. The van der Waals surface area contributed by atoms with Crippen molar-refractivity contribution in [2.75, 3.05) is 12.4 Å². The van der Waals surface area contributed by atoms with Crippen molar-refractivity contribution in [2.45, 2.75) is 0 Å². The van der Waals surface area contributed by atoms with E-state index in [0.29, 0.717) is 5.69 Å². The van der Waals surface area contributed by atoms with Gasteiger partial charge in [-0.2, -0.15) is 0 Å². The summed E-state index contributed by atoms with van der Waals surface area (Å²) in [5.74, 6) is -0.188. The van der Waals surface area contributed by atoms with Crippen molar-refractivity contribution in [3.8, 4) is 27.9 Å². The van der Waals surface area contributed by atoms with E-state index in [1.54, 1.807) is 0 Å². The van der Waals surface area contributed by atoms with Crippen LogP contribution in [0.1, 0.15) is 11.1 Å². The number of anilines is 1. The lowest BCUT2D eigenvalue weighted by Gasteiger charge is -2.23. The monoisotopic (exact) mass is 757 g/mol. The fourth-order valence-electron chi connectivity index (χ4n) is 7.75. The number of amidine groups is 2. The van der Waals surface area contributed by atoms with Crippen molar-refractivity contribution in [1.82, 2.24) is 4.57 Å². The molecule has 5 nitrogen and oxygen atoms in total. The molecule has 8 aromatic rings. The number of aliphatic imine (C=N–C) groups is 3. The van der Waals surface area contributed by atoms with Gasteiger partial charge in [-0.05, 0) is 54.2 Å². The van der Waals surface area contributed by atoms with E-state index in [4.69, 9.17) is 88.4 Å². The number of rotatable bonds is 7. The number of aromatic nitrogens is 1. The quantitative estimate of drug-likeness (QED) is 0.131. The van der Waals surface area contributed by atoms with E-state index in [1.165, 1.54) is 0 Å². The molecule has 0 aliphatic carbocycles. The number of nitrogens with zero attached hydrogens (tertiary/aromatic N) is 4. The van der Waals surface area contributed by atoms with Crippen LogP contribution in [0.5, 0.6) is 0 Å². The van der Waals surface area contributed by atoms with Crippen molar-refractivity contribution >= 4 is 185 Å². The Morgan fingerprint density at radius 3 is 1.61 bits per heavy atom. The summed E-state index contributed by atoms with van der Waals surface area (Å²) in [6.45, 7) is 3.75. The average molecular weight is 756 g/mol. The van der Waals surface area contributed by atoms with E-state index in [2.05, 4.69) is 76.2 Å². The van der Waals surface area contributed by atoms with Gasteiger partial charge in [0.15, 0.2) is 11.7 Å². The zero-order chi connectivity index (χ0) is 43.3. The molecule has 0 fully saturated rings. The molecule has 1 N–H and O–H groups in total. The molecule has 15 heteroatoms. The smallest absolute Gasteiger partial charge is 0.161 e. The largest absolute Gasteiger partial charge is 0.388 e. The third-order valence-corrected chi connectivity index (χ3v) is 10.9. The van der Waals surface area contributed by atoms with E-state index in [1.807, 2.05) is 67.7 Å². The van der Waals surface area contributed by atoms with Crippen LogP contribution in [-0.2, 0) is 0 Å². The molecule has 1 heterocycles. The van der Waals surface area contributed by atoms with E-state index >= 15 is 0 Å². The molecule has 20 radical (unpaired) electrons. The van der Waals surface area contributed by atoms with E-state index in [0.717, 1.165) is 55.4 Å². The molecule has 0 bridgehead atoms. The Hall–Kier alpha value is -6.20. The average Bonchev–Trinajstić information content (AvgIpc) is 3.63. The third-order valence-electron chi connectivity index (χ3n) is 10.9. The summed E-state index contributed by atoms with van der Waals surface area (Å²) in [6.07, 6.45) is 0. The Bertz CT molecular complexity index is 3080. The summed E-state index contributed by atoms with van der Waals surface area (Å²) in [6, 6.07) is 38.8. The summed E-state index contributed by atoms with van der Waals surface area (Å²) in [7, 11) is 65.8. The van der Waals surface area contributed by atoms with Gasteiger partial charge < -0.3 is 9.88 Å². The maximum absolute atomic E-state index is 6.67. The van der Waals surface area contributed by atoms with Crippen LogP contribution in [0.3, 0.4) is 0 Å². The maximum atomic E-state index is 6.67. The summed E-state index contributed by atoms with van der Waals surface area (Å²) in [5.41, 5.74) is 8.13. The number of hydrogen-bond acceptors (Lipinski definition) is 2. The predicted octanol–water partition coefficient (Wildman–Crippen LogP) is -0.677. The van der Waals surface area contributed by atoms with Gasteiger partial charge in [0, 0.05) is 51.4 Å². The molecule has 0 unspecified atom stereocenters. The van der Waals surface area contributed by atoms with E-state index in [-0.39, 0.29) is 77.4 Å². The lowest BCUT2D eigenvalue weighted by atomic mass is 9.60. The Kier molecular flexibility index (Phi) is 11.4. The summed E-state index contributed by atoms with van der Waals surface area (Å²) >= 11 is 0. The highest BCUT2D eigenvalue weighted by atomic mass is 15.0. The minimum absolute atomic E-state index is 0.00792. The molecule has 0 saturated heterocycles. The van der Waals surface area contributed by atoms with Crippen LogP contribution in [0.2, 0.25) is 0 Å². The minimum atomic E-state index is -0.114. The van der Waals surface area contributed by atoms with Crippen molar-refractivity contribution in [2.24, 2.45) is 15.0 Å². The Morgan fingerprint density at radius 1 is 0.508 bits per heavy atom. The highest BCUT2D eigenvalue weighted by molar-refractivity contribution is 6.70. The molecule has 0 aliphatic heterocycles. The first-order chi connectivity index (χ1) is 29.4. The topological polar surface area (TPSA) is 54.0 Å². The fraction of sp³-hybridized carbons (Fsp3) is 0.0217. The number of hydrogen-bond donors (Lipinski definition) is 1. The molecule has 61 heavy (non-hydrogen) atoms. The predicted molar refractivity (Wildman–Crippen MR) is 270 cm³/mol. The first kappa shape index (κ1) is 41.5. The van der Waals surface area contributed by atoms with Crippen LogP contribution in [0, 0.1) is 0 Å². The van der Waals surface area contributed by atoms with Gasteiger partial charge in [0.05, 0.1) is 16.7 Å². The van der Waals surface area contributed by atoms with Gasteiger partial charge in [0.1, 0.15) is 78.5 Å². The normalized spacial score (nSPS) is 12.0. The number of nitrogens with one attached hydrogen (secondary N) is 1. The molecular formula is C46H25B10N5. The van der Waals surface area contributed by atoms with Crippen LogP contribution < -0.4 is 59.9 Å². The van der Waals surface area contributed by atoms with Crippen LogP contribution in [0.4, 0.5) is 11.4 Å². The van der Waals surface area contributed by atoms with Crippen LogP contribution in [0.15, 0.2) is 130 Å². The Morgan fingerprint density at radius 2 is 1.02 bits per heavy atom. The Balaban J connectivity index is 1.42. The molecule has 7 aromatic carbocycles. The second kappa shape index (κ2) is 16.7. The molecule has 0 atom stereocenters. The van der Waals surface area contributed by atoms with Crippen molar-refractivity contribution in [3.05, 3.63) is 126 Å². The molecule has 0 saturated carbocycles. The lowest BCUT2D eigenvalue weighted by molar-refractivity contribution is 1.18. The van der Waals surface area contributed by atoms with Gasteiger partial charge in [0.2, 0.25) is 0 Å². The minimum Gasteiger partial charge on any atom is -0.388 e. The van der Waals surface area contributed by atoms with Crippen LogP contribution in [-0.4, -0.2) is 108 Å². The molecule has 1 aromatic heterocycles. The summed E-state index contributed by atoms with van der Waals surface area (Å²) < 4.78 is 2.26. The fourth-order valence-corrected chi connectivity index (χ4v) is 7.75. The number of benzene rings is 7. The van der Waals surface area contributed by atoms with Crippen molar-refractivity contribution in [3.63, 3.8) is 0 Å². The van der Waals surface area contributed by atoms with Gasteiger partial charge >= 0.3 is 0 Å². The standard InChI is InChI=1S/C46H25B10N5/c1-57-28-20-21-30-32(26-13-7-9-15-29(26)61(30)24-18-16-23(17-19-24)22-10-4-3-5-11-22)31(28)25-12-6-8-14-27(25)59-46(34-37(49)41(53)44(56)42(54)38(34)50)60-45(58-2)33-35(47)39(51)43(55)40(52)36(33)48/h3-21,57H,2H2,1H3. The number of fused-ring (bicyclic) bond motifs is 3. The SMILES string of the molecule is [B]c1c([B])c([B])c(C(N=C)=NC(=Nc2ccccc2-c2c(NC)ccc3c2c2ccccc2n3-c2ccc(-c3ccccc3)cc2)c2c([B])c([B])c([B])c([B])c2[B])c([B])c1[B]. The van der Waals surface area contributed by atoms with Gasteiger partial charge in [-0.15, -0.1) is 32.8 Å². The van der Waals surface area contributed by atoms with Gasteiger partial charge in [0.25, 0.3) is 0 Å². The first-order valence-electron chi connectivity index (χ1n) is 19.0. The molecule has 264 valence electrons. The van der Waals surface area contributed by atoms with Crippen molar-refractivity contribution in [1.29, 1.82) is 0 Å². The molecule has 8 rings (SSSR count). The molecule has 0 aliphatic rings. The van der Waals surface area contributed by atoms with Crippen molar-refractivity contribution < 1.29 is 0 Å².